The third-order valence-corrected chi connectivity index (χ3v) is 6.36. The van der Waals surface area contributed by atoms with Gasteiger partial charge in [0.15, 0.2) is 0 Å². The minimum atomic E-state index is -3.16. The van der Waals surface area contributed by atoms with Gasteiger partial charge < -0.3 is 5.11 Å². The lowest BCUT2D eigenvalue weighted by molar-refractivity contribution is 0.140. The number of hydrogen-bond acceptors (Lipinski definition) is 4. The Balaban J connectivity index is 1.98. The second-order valence-corrected chi connectivity index (χ2v) is 7.81. The van der Waals surface area contributed by atoms with Crippen molar-refractivity contribution in [3.05, 3.63) is 12.7 Å². The van der Waals surface area contributed by atoms with Crippen LogP contribution in [0.15, 0.2) is 12.7 Å². The highest BCUT2D eigenvalue weighted by atomic mass is 32.2. The molecular weight excluding hydrogens is 276 g/mol. The average molecular weight is 302 g/mol. The fraction of sp³-hybridized carbons (Fsp3) is 0.857. The largest absolute Gasteiger partial charge is 0.395 e. The monoisotopic (exact) mass is 302 g/mol. The van der Waals surface area contributed by atoms with E-state index in [1.807, 2.05) is 0 Å². The van der Waals surface area contributed by atoms with Crippen LogP contribution in [0.2, 0.25) is 0 Å². The van der Waals surface area contributed by atoms with Gasteiger partial charge >= 0.3 is 0 Å². The highest BCUT2D eigenvalue weighted by Crippen LogP contribution is 2.25. The van der Waals surface area contributed by atoms with E-state index in [2.05, 4.69) is 11.5 Å². The van der Waals surface area contributed by atoms with Crippen molar-refractivity contribution in [1.29, 1.82) is 0 Å². The van der Waals surface area contributed by atoms with E-state index in [1.165, 1.54) is 0 Å². The zero-order valence-electron chi connectivity index (χ0n) is 12.1. The number of nitrogens with zero attached hydrogens (tertiary/aromatic N) is 2. The lowest BCUT2D eigenvalue weighted by Crippen LogP contribution is -2.46. The minimum Gasteiger partial charge on any atom is -0.395 e. The van der Waals surface area contributed by atoms with Crippen LogP contribution < -0.4 is 0 Å². The highest BCUT2D eigenvalue weighted by Gasteiger charge is 2.36. The van der Waals surface area contributed by atoms with Gasteiger partial charge in [-0.05, 0) is 38.6 Å². The topological polar surface area (TPSA) is 60.9 Å². The molecule has 2 fully saturated rings. The molecule has 5 nitrogen and oxygen atoms in total. The van der Waals surface area contributed by atoms with Gasteiger partial charge in [-0.3, -0.25) is 4.90 Å². The molecule has 1 N–H and O–H groups in total. The number of aliphatic hydroxyl groups is 1. The van der Waals surface area contributed by atoms with E-state index in [-0.39, 0.29) is 24.4 Å². The molecule has 6 heteroatoms. The summed E-state index contributed by atoms with van der Waals surface area (Å²) in [5.41, 5.74) is 0. The second kappa shape index (κ2) is 7.02. The molecule has 2 aliphatic heterocycles. The fourth-order valence-corrected chi connectivity index (χ4v) is 5.05. The van der Waals surface area contributed by atoms with Crippen LogP contribution in [0.5, 0.6) is 0 Å². The normalized spacial score (nSPS) is 29.1. The van der Waals surface area contributed by atoms with Gasteiger partial charge in [-0.15, -0.1) is 6.58 Å². The summed E-state index contributed by atoms with van der Waals surface area (Å²) in [7, 11) is -3.16. The standard InChI is InChI=1S/C14H26N2O3S/c1-2-3-10-20(18,19)16-9-5-6-13(16)11-15-8-4-7-14(15)12-17/h2,13-14,17H,1,3-12H2/t13-,14-/m1/s1. The molecule has 116 valence electrons. The Morgan fingerprint density at radius 2 is 1.90 bits per heavy atom. The van der Waals surface area contributed by atoms with Gasteiger partial charge in [0.2, 0.25) is 10.0 Å². The molecule has 2 atom stereocenters. The van der Waals surface area contributed by atoms with Crippen LogP contribution in [0.4, 0.5) is 0 Å². The molecule has 0 amide bonds. The van der Waals surface area contributed by atoms with Crippen molar-refractivity contribution < 1.29 is 13.5 Å². The molecule has 0 spiro atoms. The third-order valence-electron chi connectivity index (χ3n) is 4.42. The van der Waals surface area contributed by atoms with Gasteiger partial charge in [-0.25, -0.2) is 8.42 Å². The lowest BCUT2D eigenvalue weighted by atomic mass is 10.2. The molecular formula is C14H26N2O3S. The second-order valence-electron chi connectivity index (χ2n) is 5.77. The predicted molar refractivity (Wildman–Crippen MR) is 80.0 cm³/mol. The maximum Gasteiger partial charge on any atom is 0.214 e. The van der Waals surface area contributed by atoms with E-state index in [0.29, 0.717) is 13.0 Å². The van der Waals surface area contributed by atoms with Crippen LogP contribution in [-0.4, -0.2) is 66.8 Å². The smallest absolute Gasteiger partial charge is 0.214 e. The van der Waals surface area contributed by atoms with Gasteiger partial charge in [0.05, 0.1) is 12.4 Å². The van der Waals surface area contributed by atoms with Crippen LogP contribution in [0.25, 0.3) is 0 Å². The Kier molecular flexibility index (Phi) is 5.60. The maximum absolute atomic E-state index is 12.3. The van der Waals surface area contributed by atoms with Crippen LogP contribution in [0.1, 0.15) is 32.1 Å². The van der Waals surface area contributed by atoms with Gasteiger partial charge in [0, 0.05) is 25.2 Å². The molecule has 0 saturated carbocycles. The third kappa shape index (κ3) is 3.61. The highest BCUT2D eigenvalue weighted by molar-refractivity contribution is 7.89. The SMILES string of the molecule is C=CCCS(=O)(=O)N1CCC[C@@H]1CN1CCC[C@@H]1CO. The number of hydrogen-bond donors (Lipinski definition) is 1. The first-order chi connectivity index (χ1) is 9.58. The summed E-state index contributed by atoms with van der Waals surface area (Å²) >= 11 is 0. The summed E-state index contributed by atoms with van der Waals surface area (Å²) in [4.78, 5) is 2.26. The Morgan fingerprint density at radius 1 is 1.20 bits per heavy atom. The summed E-state index contributed by atoms with van der Waals surface area (Å²) in [6.45, 7) is 6.15. The zero-order valence-corrected chi connectivity index (χ0v) is 12.9. The quantitative estimate of drug-likeness (QED) is 0.707. The van der Waals surface area contributed by atoms with E-state index in [9.17, 15) is 13.5 Å². The van der Waals surface area contributed by atoms with E-state index in [1.54, 1.807) is 10.4 Å². The summed E-state index contributed by atoms with van der Waals surface area (Å²) in [5.74, 6) is 0.163. The molecule has 2 saturated heterocycles. The molecule has 20 heavy (non-hydrogen) atoms. The van der Waals surface area contributed by atoms with Crippen molar-refractivity contribution in [2.45, 2.75) is 44.2 Å². The van der Waals surface area contributed by atoms with Crippen molar-refractivity contribution in [2.24, 2.45) is 0 Å². The number of likely N-dealkylation sites (tertiary alicyclic amines) is 1. The van der Waals surface area contributed by atoms with E-state index < -0.39 is 10.0 Å². The van der Waals surface area contributed by atoms with E-state index in [4.69, 9.17) is 0 Å². The van der Waals surface area contributed by atoms with Crippen molar-refractivity contribution in [3.8, 4) is 0 Å². The molecule has 2 aliphatic rings. The minimum absolute atomic E-state index is 0.0805. The zero-order chi connectivity index (χ0) is 14.6. The maximum atomic E-state index is 12.3. The van der Waals surface area contributed by atoms with Crippen molar-refractivity contribution in [3.63, 3.8) is 0 Å². The molecule has 0 aromatic rings. The Labute approximate surface area is 122 Å². The summed E-state index contributed by atoms with van der Waals surface area (Å²) in [6.07, 6.45) is 6.16. The number of rotatable bonds is 7. The first-order valence-corrected chi connectivity index (χ1v) is 9.14. The van der Waals surface area contributed by atoms with Crippen molar-refractivity contribution in [1.82, 2.24) is 9.21 Å². The molecule has 0 aromatic carbocycles. The Hall–Kier alpha value is -0.430. The molecule has 0 bridgehead atoms. The Morgan fingerprint density at radius 3 is 2.60 bits per heavy atom. The van der Waals surface area contributed by atoms with Gasteiger partial charge in [0.25, 0.3) is 0 Å². The molecule has 0 aliphatic carbocycles. The number of allylic oxidation sites excluding steroid dienone is 1. The number of sulfonamides is 1. The lowest BCUT2D eigenvalue weighted by Gasteiger charge is -2.30. The van der Waals surface area contributed by atoms with Gasteiger partial charge in [-0.1, -0.05) is 6.08 Å². The van der Waals surface area contributed by atoms with Gasteiger partial charge in [-0.2, -0.15) is 4.31 Å². The van der Waals surface area contributed by atoms with Crippen LogP contribution in [0.3, 0.4) is 0 Å². The van der Waals surface area contributed by atoms with Crippen LogP contribution >= 0.6 is 0 Å². The summed E-state index contributed by atoms with van der Waals surface area (Å²) < 4.78 is 26.4. The fourth-order valence-electron chi connectivity index (χ4n) is 3.32. The molecule has 2 rings (SSSR count). The van der Waals surface area contributed by atoms with E-state index in [0.717, 1.165) is 38.8 Å². The molecule has 0 radical (unpaired) electrons. The summed E-state index contributed by atoms with van der Waals surface area (Å²) in [5, 5.41) is 9.37. The predicted octanol–water partition coefficient (Wildman–Crippen LogP) is 0.813. The van der Waals surface area contributed by atoms with Crippen LogP contribution in [0, 0.1) is 0 Å². The van der Waals surface area contributed by atoms with Crippen molar-refractivity contribution >= 4 is 10.0 Å². The molecule has 2 heterocycles. The summed E-state index contributed by atoms with van der Waals surface area (Å²) in [6, 6.07) is 0.297. The molecule has 0 aromatic heterocycles. The van der Waals surface area contributed by atoms with Gasteiger partial charge in [0.1, 0.15) is 0 Å². The first-order valence-electron chi connectivity index (χ1n) is 7.54. The van der Waals surface area contributed by atoms with E-state index >= 15 is 0 Å². The van der Waals surface area contributed by atoms with Crippen LogP contribution in [-0.2, 0) is 10.0 Å². The first kappa shape index (κ1) is 15.9. The number of aliphatic hydroxyl groups excluding tert-OH is 1. The molecule has 0 unspecified atom stereocenters. The Bertz CT molecular complexity index is 424. The average Bonchev–Trinajstić information content (AvgIpc) is 3.06. The van der Waals surface area contributed by atoms with Crippen molar-refractivity contribution in [2.75, 3.05) is 32.0 Å².